The number of aliphatic hydroxyl groups is 1. The number of rotatable bonds is 21. The predicted octanol–water partition coefficient (Wildman–Crippen LogP) is 5.54. The highest BCUT2D eigenvalue weighted by Gasteiger charge is 2.54. The second-order valence-electron chi connectivity index (χ2n) is 20.9. The molecule has 20 heteroatoms. The molecule has 3 aliphatic heterocycles. The molecule has 3 aliphatic rings. The number of hydrogen-bond acceptors (Lipinski definition) is 20. The number of esters is 5. The predicted molar refractivity (Wildman–Crippen MR) is 274 cm³/mol. The first-order chi connectivity index (χ1) is 35.5. The minimum Gasteiger partial charge on any atom is -0.463 e. The van der Waals surface area contributed by atoms with E-state index < -0.39 is 134 Å². The van der Waals surface area contributed by atoms with E-state index in [-0.39, 0.29) is 38.0 Å². The average molecular weight is 1070 g/mol. The molecular formula is C55H90N2O18. The zero-order valence-electron chi connectivity index (χ0n) is 47.1. The number of carbonyl (C=O) groups excluding carboxylic acids is 5. The van der Waals surface area contributed by atoms with Crippen molar-refractivity contribution >= 4 is 29.8 Å². The molecule has 0 radical (unpaired) electrons. The number of cyclic esters (lactones) is 1. The van der Waals surface area contributed by atoms with E-state index in [1.54, 1.807) is 48.7 Å². The van der Waals surface area contributed by atoms with Gasteiger partial charge in [0, 0.05) is 73.9 Å². The third-order valence-electron chi connectivity index (χ3n) is 14.5. The topological polar surface area (TPSA) is 223 Å². The van der Waals surface area contributed by atoms with Crippen LogP contribution < -0.4 is 0 Å². The molecule has 4 rings (SSSR count). The van der Waals surface area contributed by atoms with Crippen LogP contribution in [-0.2, 0) is 87.2 Å². The Kier molecular flexibility index (Phi) is 26.3. The lowest BCUT2D eigenvalue weighted by molar-refractivity contribution is -0.345. The smallest absolute Gasteiger partial charge is 0.309 e. The quantitative estimate of drug-likeness (QED) is 0.0691. The summed E-state index contributed by atoms with van der Waals surface area (Å²) in [7, 11) is 8.01. The Morgan fingerprint density at radius 1 is 0.813 bits per heavy atom. The average Bonchev–Trinajstić information content (AvgIpc) is 3.34. The number of likely N-dealkylation sites (N-methyl/N-ethyl adjacent to an activating group) is 1. The SMILES string of the molecule is CCC(=O)O[C@@H]1CC(=O)O[C@H](C)CCN(CCCCc2ccccc2)C[C@H](OC(C)=O)[C@H](C)C[C@H](CC(OC)OC)[C@H](O[C@@H]2O[C@H](C)[C@@H](O[C@H]3C[C@@](C)(O)[C@@H](OC(=O)CC)[C@H](C)O3)[C@H](N(C)C)[C@H]2OC(C)=O)[C@H]1OC. The number of benzene rings is 1. The van der Waals surface area contributed by atoms with Crippen molar-refractivity contribution < 1.29 is 85.9 Å². The normalized spacial score (nSPS) is 33.7. The molecule has 0 aliphatic carbocycles. The lowest BCUT2D eigenvalue weighted by Crippen LogP contribution is -2.66. The minimum absolute atomic E-state index is 0.0157. The van der Waals surface area contributed by atoms with E-state index in [1.807, 2.05) is 36.9 Å². The third-order valence-corrected chi connectivity index (χ3v) is 14.5. The number of aryl methyl sites for hydroxylation is 1. The molecule has 1 aromatic rings. The van der Waals surface area contributed by atoms with Crippen LogP contribution in [0.4, 0.5) is 0 Å². The van der Waals surface area contributed by atoms with Crippen LogP contribution in [0.3, 0.4) is 0 Å². The van der Waals surface area contributed by atoms with Crippen molar-refractivity contribution in [3.05, 3.63) is 35.9 Å². The zero-order chi connectivity index (χ0) is 55.6. The maximum Gasteiger partial charge on any atom is 0.309 e. The summed E-state index contributed by atoms with van der Waals surface area (Å²) < 4.78 is 75.0. The third kappa shape index (κ3) is 19.5. The molecular weight excluding hydrogens is 977 g/mol. The Bertz CT molecular complexity index is 1900. The minimum atomic E-state index is -1.54. The van der Waals surface area contributed by atoms with Gasteiger partial charge in [0.15, 0.2) is 31.1 Å². The summed E-state index contributed by atoms with van der Waals surface area (Å²) in [6.45, 7) is 16.4. The van der Waals surface area contributed by atoms with Crippen molar-refractivity contribution in [2.45, 2.75) is 218 Å². The summed E-state index contributed by atoms with van der Waals surface area (Å²) in [5.74, 6) is -3.84. The van der Waals surface area contributed by atoms with Gasteiger partial charge in [-0.15, -0.1) is 0 Å². The van der Waals surface area contributed by atoms with Gasteiger partial charge in [0.1, 0.15) is 36.1 Å². The highest BCUT2D eigenvalue weighted by atomic mass is 16.7. The molecule has 3 heterocycles. The molecule has 3 saturated heterocycles. The molecule has 75 heavy (non-hydrogen) atoms. The lowest BCUT2D eigenvalue weighted by atomic mass is 9.81. The summed E-state index contributed by atoms with van der Waals surface area (Å²) in [6, 6.07) is 9.50. The first-order valence-corrected chi connectivity index (χ1v) is 26.8. The van der Waals surface area contributed by atoms with Gasteiger partial charge in [-0.3, -0.25) is 28.9 Å². The lowest BCUT2D eigenvalue weighted by Gasteiger charge is -2.51. The summed E-state index contributed by atoms with van der Waals surface area (Å²) in [6.07, 6.45) is -9.36. The van der Waals surface area contributed by atoms with Gasteiger partial charge in [0.2, 0.25) is 0 Å². The van der Waals surface area contributed by atoms with Crippen molar-refractivity contribution in [3.63, 3.8) is 0 Å². The molecule has 0 saturated carbocycles. The van der Waals surface area contributed by atoms with Gasteiger partial charge in [-0.1, -0.05) is 51.1 Å². The van der Waals surface area contributed by atoms with Gasteiger partial charge in [0.05, 0.1) is 30.8 Å². The molecule has 0 unspecified atom stereocenters. The van der Waals surface area contributed by atoms with Crippen LogP contribution in [0.5, 0.6) is 0 Å². The Balaban J connectivity index is 1.83. The van der Waals surface area contributed by atoms with Gasteiger partial charge in [-0.05, 0) is 97.8 Å². The highest BCUT2D eigenvalue weighted by Crippen LogP contribution is 2.39. The fourth-order valence-corrected chi connectivity index (χ4v) is 10.6. The number of unbranched alkanes of at least 4 members (excludes halogenated alkanes) is 1. The second kappa shape index (κ2) is 30.9. The van der Waals surface area contributed by atoms with E-state index >= 15 is 0 Å². The molecule has 1 aromatic carbocycles. The Morgan fingerprint density at radius 3 is 2.05 bits per heavy atom. The molecule has 428 valence electrons. The molecule has 16 atom stereocenters. The Labute approximate surface area is 445 Å². The van der Waals surface area contributed by atoms with Crippen LogP contribution >= 0.6 is 0 Å². The van der Waals surface area contributed by atoms with Gasteiger partial charge < -0.3 is 66.8 Å². The first-order valence-electron chi connectivity index (χ1n) is 26.8. The summed E-state index contributed by atoms with van der Waals surface area (Å²) in [5, 5.41) is 11.6. The Hall–Kier alpha value is -3.83. The maximum absolute atomic E-state index is 14.1. The van der Waals surface area contributed by atoms with Crippen molar-refractivity contribution in [2.24, 2.45) is 11.8 Å². The molecule has 0 aromatic heterocycles. The molecule has 20 nitrogen and oxygen atoms in total. The van der Waals surface area contributed by atoms with Gasteiger partial charge in [-0.2, -0.15) is 0 Å². The van der Waals surface area contributed by atoms with E-state index in [9.17, 15) is 29.1 Å². The standard InChI is InChI=1S/C55H90N2O18/c1-15-43(60)72-41-30-45(62)67-34(4)25-27-57(26-21-20-24-39-22-18-17-19-23-39)32-42(70-37(7)58)33(3)28-40(29-46(64-12)65-13)50(51(41)66-14)75-54-52(71-38(8)59)48(56(10)11)49(35(5)69-54)74-47-31-55(9,63)53(36(6)68-47)73-44(61)16-2/h17-19,22-23,33-36,40-42,46-54,63H,15-16,20-21,24-32H2,1-14H3/t33-,34-,35-,36+,40-,41-,42+,47+,48+,49-,50+,51+,52-,53+,54+,55-/m1/s1. The van der Waals surface area contributed by atoms with Crippen molar-refractivity contribution in [3.8, 4) is 0 Å². The highest BCUT2D eigenvalue weighted by molar-refractivity contribution is 5.73. The molecule has 0 amide bonds. The van der Waals surface area contributed by atoms with Crippen LogP contribution in [0, 0.1) is 11.8 Å². The van der Waals surface area contributed by atoms with Crippen molar-refractivity contribution in [2.75, 3.05) is 55.1 Å². The van der Waals surface area contributed by atoms with Crippen molar-refractivity contribution in [1.29, 1.82) is 0 Å². The number of ether oxygens (including phenoxy) is 12. The van der Waals surface area contributed by atoms with Crippen LogP contribution in [0.15, 0.2) is 30.3 Å². The van der Waals surface area contributed by atoms with E-state index in [2.05, 4.69) is 17.0 Å². The van der Waals surface area contributed by atoms with E-state index in [4.69, 9.17) is 56.8 Å². The van der Waals surface area contributed by atoms with Crippen LogP contribution in [0.2, 0.25) is 0 Å². The van der Waals surface area contributed by atoms with Crippen LogP contribution in [0.25, 0.3) is 0 Å². The largest absolute Gasteiger partial charge is 0.463 e. The summed E-state index contributed by atoms with van der Waals surface area (Å²) in [4.78, 5) is 70.1. The van der Waals surface area contributed by atoms with Gasteiger partial charge in [-0.25, -0.2) is 0 Å². The molecule has 1 N–H and O–H groups in total. The maximum atomic E-state index is 14.1. The van der Waals surface area contributed by atoms with Gasteiger partial charge in [0.25, 0.3) is 0 Å². The molecule has 0 bridgehead atoms. The van der Waals surface area contributed by atoms with Crippen LogP contribution in [0.1, 0.15) is 126 Å². The van der Waals surface area contributed by atoms with Crippen molar-refractivity contribution in [1.82, 2.24) is 9.80 Å². The molecule has 0 spiro atoms. The zero-order valence-corrected chi connectivity index (χ0v) is 47.1. The summed E-state index contributed by atoms with van der Waals surface area (Å²) >= 11 is 0. The molecule has 3 fully saturated rings. The number of hydrogen-bond donors (Lipinski definition) is 1. The Morgan fingerprint density at radius 2 is 1.47 bits per heavy atom. The number of carbonyl (C=O) groups is 5. The fourth-order valence-electron chi connectivity index (χ4n) is 10.6. The number of methoxy groups -OCH3 is 3. The van der Waals surface area contributed by atoms with E-state index in [1.165, 1.54) is 40.7 Å². The van der Waals surface area contributed by atoms with Crippen LogP contribution in [-0.4, -0.2) is 191 Å². The first kappa shape index (κ1) is 63.7. The monoisotopic (exact) mass is 1070 g/mol. The van der Waals surface area contributed by atoms with Gasteiger partial charge >= 0.3 is 29.8 Å². The van der Waals surface area contributed by atoms with E-state index in [0.717, 1.165) is 19.3 Å². The van der Waals surface area contributed by atoms with E-state index in [0.29, 0.717) is 26.1 Å². The summed E-state index contributed by atoms with van der Waals surface area (Å²) in [5.41, 5.74) is -0.289. The number of nitrogens with zero attached hydrogens (tertiary/aromatic N) is 2. The second-order valence-corrected chi connectivity index (χ2v) is 20.9. The fraction of sp³-hybridized carbons (Fsp3) is 0.800.